The first-order valence-electron chi connectivity index (χ1n) is 12.0. The SMILES string of the molecule is CC1C[C@@H](O)CN1C(=O)[C@H](CCCCC/C=C\[C@@H]1C[C@]1(NC=O)C(=O)O)NC(=O)OC(C)(C)C. The molecular weight excluding hydrogens is 442 g/mol. The van der Waals surface area contributed by atoms with E-state index in [0.717, 1.165) is 19.3 Å². The van der Waals surface area contributed by atoms with Crippen molar-refractivity contribution in [1.82, 2.24) is 15.5 Å². The van der Waals surface area contributed by atoms with Crippen LogP contribution in [-0.4, -0.2) is 75.4 Å². The maximum Gasteiger partial charge on any atom is 0.408 e. The normalized spacial score (nSPS) is 27.3. The highest BCUT2D eigenvalue weighted by atomic mass is 16.6. The summed E-state index contributed by atoms with van der Waals surface area (Å²) in [4.78, 5) is 49.0. The Bertz CT molecular complexity index is 779. The summed E-state index contributed by atoms with van der Waals surface area (Å²) >= 11 is 0. The highest BCUT2D eigenvalue weighted by molar-refractivity contribution is 5.87. The van der Waals surface area contributed by atoms with E-state index in [0.29, 0.717) is 32.1 Å². The number of nitrogens with one attached hydrogen (secondary N) is 2. The minimum atomic E-state index is -1.17. The van der Waals surface area contributed by atoms with Crippen LogP contribution in [0, 0.1) is 5.92 Å². The van der Waals surface area contributed by atoms with Crippen molar-refractivity contribution in [2.75, 3.05) is 6.54 Å². The molecule has 2 aliphatic rings. The van der Waals surface area contributed by atoms with Gasteiger partial charge < -0.3 is 30.5 Å². The van der Waals surface area contributed by atoms with E-state index in [4.69, 9.17) is 4.74 Å². The number of aliphatic carboxylic acids is 1. The molecule has 0 aromatic carbocycles. The zero-order chi connectivity index (χ0) is 25.5. The largest absolute Gasteiger partial charge is 0.479 e. The van der Waals surface area contributed by atoms with Crippen LogP contribution >= 0.6 is 0 Å². The van der Waals surface area contributed by atoms with E-state index in [1.165, 1.54) is 0 Å². The fourth-order valence-electron chi connectivity index (χ4n) is 4.36. The smallest absolute Gasteiger partial charge is 0.408 e. The van der Waals surface area contributed by atoms with Crippen LogP contribution in [0.3, 0.4) is 0 Å². The van der Waals surface area contributed by atoms with Crippen LogP contribution in [0.2, 0.25) is 0 Å². The van der Waals surface area contributed by atoms with E-state index < -0.39 is 35.3 Å². The lowest BCUT2D eigenvalue weighted by Gasteiger charge is -2.28. The van der Waals surface area contributed by atoms with Gasteiger partial charge in [-0.05, 0) is 59.8 Å². The van der Waals surface area contributed by atoms with Gasteiger partial charge in [-0.15, -0.1) is 0 Å². The molecule has 1 unspecified atom stereocenters. The molecule has 1 heterocycles. The van der Waals surface area contributed by atoms with Crippen LogP contribution in [0.15, 0.2) is 12.2 Å². The Hall–Kier alpha value is -2.62. The first-order valence-corrected chi connectivity index (χ1v) is 12.0. The van der Waals surface area contributed by atoms with Gasteiger partial charge >= 0.3 is 12.1 Å². The number of nitrogens with zero attached hydrogens (tertiary/aromatic N) is 1. The number of hydrogen-bond acceptors (Lipinski definition) is 6. The number of aliphatic hydroxyl groups is 1. The van der Waals surface area contributed by atoms with Gasteiger partial charge in [0, 0.05) is 18.5 Å². The van der Waals surface area contributed by atoms with Crippen molar-refractivity contribution >= 4 is 24.4 Å². The van der Waals surface area contributed by atoms with Crippen LogP contribution in [0.5, 0.6) is 0 Å². The molecule has 4 N–H and O–H groups in total. The van der Waals surface area contributed by atoms with Gasteiger partial charge in [0.2, 0.25) is 12.3 Å². The molecule has 1 aliphatic carbocycles. The Labute approximate surface area is 201 Å². The summed E-state index contributed by atoms with van der Waals surface area (Å²) < 4.78 is 5.32. The summed E-state index contributed by atoms with van der Waals surface area (Å²) in [6, 6.07) is -0.820. The highest BCUT2D eigenvalue weighted by Gasteiger charge is 2.59. The molecule has 1 saturated carbocycles. The van der Waals surface area contributed by atoms with Crippen LogP contribution < -0.4 is 10.6 Å². The van der Waals surface area contributed by atoms with Gasteiger partial charge in [-0.1, -0.05) is 25.0 Å². The average molecular weight is 482 g/mol. The molecule has 0 radical (unpaired) electrons. The molecular formula is C24H39N3O7. The Morgan fingerprint density at radius 1 is 1.24 bits per heavy atom. The molecule has 10 heteroatoms. The number of hydrogen-bond donors (Lipinski definition) is 4. The number of alkyl carbamates (subject to hydrolysis) is 1. The first-order chi connectivity index (χ1) is 15.9. The van der Waals surface area contributed by atoms with Gasteiger partial charge in [0.25, 0.3) is 0 Å². The number of aliphatic hydroxyl groups excluding tert-OH is 1. The van der Waals surface area contributed by atoms with E-state index in [1.54, 1.807) is 25.7 Å². The number of carbonyl (C=O) groups is 4. The number of carboxylic acid groups (broad SMARTS) is 1. The summed E-state index contributed by atoms with van der Waals surface area (Å²) in [5.41, 5.74) is -1.85. The number of carboxylic acids is 1. The Kier molecular flexibility index (Phi) is 9.49. The number of unbranched alkanes of at least 4 members (excludes halogenated alkanes) is 3. The van der Waals surface area contributed by atoms with Crippen molar-refractivity contribution in [3.8, 4) is 0 Å². The molecule has 0 aromatic heterocycles. The molecule has 1 aliphatic heterocycles. The molecule has 5 atom stereocenters. The van der Waals surface area contributed by atoms with Gasteiger partial charge in [0.05, 0.1) is 6.10 Å². The molecule has 192 valence electrons. The van der Waals surface area contributed by atoms with Crippen LogP contribution in [-0.2, 0) is 19.1 Å². The summed E-state index contributed by atoms with van der Waals surface area (Å²) in [5.74, 6) is -1.44. The maximum atomic E-state index is 13.1. The third kappa shape index (κ3) is 7.72. The summed E-state index contributed by atoms with van der Waals surface area (Å²) in [7, 11) is 0. The van der Waals surface area contributed by atoms with Gasteiger partial charge in [-0.3, -0.25) is 9.59 Å². The minimum Gasteiger partial charge on any atom is -0.479 e. The van der Waals surface area contributed by atoms with Crippen molar-refractivity contribution in [3.05, 3.63) is 12.2 Å². The third-order valence-corrected chi connectivity index (χ3v) is 6.27. The van der Waals surface area contributed by atoms with Gasteiger partial charge in [0.1, 0.15) is 17.2 Å². The Morgan fingerprint density at radius 2 is 1.94 bits per heavy atom. The molecule has 2 fully saturated rings. The lowest BCUT2D eigenvalue weighted by atomic mass is 10.0. The van der Waals surface area contributed by atoms with Gasteiger partial charge in [0.15, 0.2) is 0 Å². The minimum absolute atomic E-state index is 0.0929. The zero-order valence-corrected chi connectivity index (χ0v) is 20.6. The van der Waals surface area contributed by atoms with E-state index in [-0.39, 0.29) is 24.4 Å². The maximum absolute atomic E-state index is 13.1. The monoisotopic (exact) mass is 481 g/mol. The van der Waals surface area contributed by atoms with E-state index >= 15 is 0 Å². The topological polar surface area (TPSA) is 145 Å². The number of likely N-dealkylation sites (tertiary alicyclic amines) is 1. The molecule has 0 aromatic rings. The van der Waals surface area contributed by atoms with E-state index in [9.17, 15) is 29.4 Å². The zero-order valence-electron chi connectivity index (χ0n) is 20.6. The van der Waals surface area contributed by atoms with Gasteiger partial charge in [-0.2, -0.15) is 0 Å². The van der Waals surface area contributed by atoms with Crippen molar-refractivity contribution < 1.29 is 34.1 Å². The van der Waals surface area contributed by atoms with Crippen molar-refractivity contribution in [3.63, 3.8) is 0 Å². The lowest BCUT2D eigenvalue weighted by Crippen LogP contribution is -2.50. The highest BCUT2D eigenvalue weighted by Crippen LogP contribution is 2.44. The molecule has 0 spiro atoms. The summed E-state index contributed by atoms with van der Waals surface area (Å²) in [5, 5.41) is 24.3. The van der Waals surface area contributed by atoms with Crippen LogP contribution in [0.4, 0.5) is 4.79 Å². The summed E-state index contributed by atoms with van der Waals surface area (Å²) in [6.07, 6.45) is 7.48. The molecule has 1 saturated heterocycles. The first kappa shape index (κ1) is 27.6. The molecule has 3 amide bonds. The fraction of sp³-hybridized carbons (Fsp3) is 0.750. The standard InChI is InChI=1S/C24H39N3O7/c1-16-12-18(29)14-27(16)20(30)19(26-22(33)34-23(2,3)4)11-9-7-5-6-8-10-17-13-24(17,21(31)32)25-15-28/h8,10,15-19,29H,5-7,9,11-14H2,1-4H3,(H,25,28)(H,26,33)(H,31,32)/b10-8-/t16?,17-,18-,19+,24-/m1/s1. The molecule has 0 bridgehead atoms. The second kappa shape index (κ2) is 11.7. The van der Waals surface area contributed by atoms with Crippen LogP contribution in [0.1, 0.15) is 72.6 Å². The average Bonchev–Trinajstić information content (AvgIpc) is 3.31. The molecule has 2 rings (SSSR count). The Morgan fingerprint density at radius 3 is 2.50 bits per heavy atom. The number of rotatable bonds is 12. The fourth-order valence-corrected chi connectivity index (χ4v) is 4.36. The lowest BCUT2D eigenvalue weighted by molar-refractivity contribution is -0.142. The van der Waals surface area contributed by atoms with Crippen molar-refractivity contribution in [1.29, 1.82) is 0 Å². The third-order valence-electron chi connectivity index (χ3n) is 6.27. The number of amides is 3. The van der Waals surface area contributed by atoms with Crippen LogP contribution in [0.25, 0.3) is 0 Å². The summed E-state index contributed by atoms with van der Waals surface area (Å²) in [6.45, 7) is 7.41. The second-order valence-electron chi connectivity index (χ2n) is 10.3. The van der Waals surface area contributed by atoms with E-state index in [2.05, 4.69) is 10.6 Å². The van der Waals surface area contributed by atoms with Crippen molar-refractivity contribution in [2.45, 2.75) is 102 Å². The quantitative estimate of drug-likeness (QED) is 0.189. The predicted octanol–water partition coefficient (Wildman–Crippen LogP) is 1.96. The number of allylic oxidation sites excluding steroid dienone is 1. The number of carbonyl (C=O) groups excluding carboxylic acids is 3. The number of ether oxygens (including phenoxy) is 1. The molecule has 10 nitrogen and oxygen atoms in total. The number of β-amino-alcohol motifs (C(OH)–C–C–N with tert-alkyl or cyclic N) is 1. The Balaban J connectivity index is 1.81. The van der Waals surface area contributed by atoms with Gasteiger partial charge in [-0.25, -0.2) is 9.59 Å². The van der Waals surface area contributed by atoms with Crippen molar-refractivity contribution in [2.24, 2.45) is 5.92 Å². The predicted molar refractivity (Wildman–Crippen MR) is 125 cm³/mol. The second-order valence-corrected chi connectivity index (χ2v) is 10.3. The van der Waals surface area contributed by atoms with E-state index in [1.807, 2.05) is 19.1 Å². The molecule has 34 heavy (non-hydrogen) atoms.